The predicted molar refractivity (Wildman–Crippen MR) is 165 cm³/mol. The van der Waals surface area contributed by atoms with Crippen molar-refractivity contribution in [1.82, 2.24) is 9.88 Å². The Kier molecular flexibility index (Phi) is 8.28. The summed E-state index contributed by atoms with van der Waals surface area (Å²) in [4.78, 5) is 37.2. The SMILES string of the molecule is CC(C)(C)OC(=O)N1CC[C@H](c2ccc3c(c2)N(C(=O)OC(C)(C)C)c2nccc(N4CCOCC4)c2CO3)C(C)(C)C1. The van der Waals surface area contributed by atoms with Crippen LogP contribution in [-0.4, -0.2) is 72.7 Å². The molecule has 0 N–H and O–H groups in total. The number of benzene rings is 1. The Labute approximate surface area is 255 Å². The number of likely N-dealkylation sites (tertiary alicyclic amines) is 1. The molecule has 0 radical (unpaired) electrons. The zero-order chi connectivity index (χ0) is 31.2. The third-order valence-electron chi connectivity index (χ3n) is 8.03. The fourth-order valence-electron chi connectivity index (χ4n) is 6.16. The predicted octanol–water partition coefficient (Wildman–Crippen LogP) is 6.63. The fourth-order valence-corrected chi connectivity index (χ4v) is 6.16. The van der Waals surface area contributed by atoms with Gasteiger partial charge in [0, 0.05) is 38.1 Å². The van der Waals surface area contributed by atoms with E-state index in [1.165, 1.54) is 0 Å². The van der Waals surface area contributed by atoms with Crippen molar-refractivity contribution in [1.29, 1.82) is 0 Å². The van der Waals surface area contributed by atoms with Crippen LogP contribution in [0.5, 0.6) is 5.75 Å². The number of amides is 2. The number of piperidine rings is 1. The molecule has 10 heteroatoms. The summed E-state index contributed by atoms with van der Waals surface area (Å²) in [6.07, 6.45) is 1.70. The average molecular weight is 595 g/mol. The quantitative estimate of drug-likeness (QED) is 0.382. The third-order valence-corrected chi connectivity index (χ3v) is 8.03. The second-order valence-corrected chi connectivity index (χ2v) is 14.3. The molecule has 43 heavy (non-hydrogen) atoms. The van der Waals surface area contributed by atoms with Crippen LogP contribution in [0.25, 0.3) is 0 Å². The van der Waals surface area contributed by atoms with Gasteiger partial charge in [-0.25, -0.2) is 19.5 Å². The number of nitrogens with zero attached hydrogens (tertiary/aromatic N) is 4. The van der Waals surface area contributed by atoms with Gasteiger partial charge in [0.25, 0.3) is 0 Å². The number of anilines is 3. The molecule has 1 aromatic heterocycles. The molecule has 3 aliphatic heterocycles. The highest BCUT2D eigenvalue weighted by Crippen LogP contribution is 2.47. The van der Waals surface area contributed by atoms with E-state index >= 15 is 0 Å². The van der Waals surface area contributed by atoms with E-state index in [2.05, 4.69) is 24.8 Å². The van der Waals surface area contributed by atoms with Crippen LogP contribution in [0.15, 0.2) is 30.5 Å². The van der Waals surface area contributed by atoms with Crippen molar-refractivity contribution in [2.45, 2.75) is 85.5 Å². The maximum atomic E-state index is 13.9. The molecule has 0 aliphatic carbocycles. The fraction of sp³-hybridized carbons (Fsp3) is 0.606. The van der Waals surface area contributed by atoms with Crippen LogP contribution in [0.1, 0.15) is 78.9 Å². The number of carbonyl (C=O) groups excluding carboxylic acids is 2. The minimum atomic E-state index is -0.708. The molecule has 1 aromatic carbocycles. The zero-order valence-corrected chi connectivity index (χ0v) is 26.9. The van der Waals surface area contributed by atoms with Gasteiger partial charge in [-0.3, -0.25) is 0 Å². The first-order valence-electron chi connectivity index (χ1n) is 15.2. The van der Waals surface area contributed by atoms with Crippen molar-refractivity contribution >= 4 is 29.4 Å². The Balaban J connectivity index is 1.52. The summed E-state index contributed by atoms with van der Waals surface area (Å²) < 4.78 is 23.6. The summed E-state index contributed by atoms with van der Waals surface area (Å²) in [5.41, 5.74) is 1.97. The molecule has 0 bridgehead atoms. The normalized spacial score (nSPS) is 20.4. The smallest absolute Gasteiger partial charge is 0.420 e. The van der Waals surface area contributed by atoms with Gasteiger partial charge in [0.05, 0.1) is 24.5 Å². The molecular weight excluding hydrogens is 548 g/mol. The van der Waals surface area contributed by atoms with Gasteiger partial charge in [-0.2, -0.15) is 0 Å². The standard InChI is InChI=1S/C33H46N4O6/c1-31(2,3)42-29(38)36-14-12-24(33(7,8)21-36)22-9-10-27-26(19-22)37(30(39)43-32(4,5)6)28-23(20-41-27)25(11-13-34-28)35-15-17-40-18-16-35/h9-11,13,19,24H,12,14-18,20-21H2,1-8H3/t24-/m1/s1. The molecule has 10 nitrogen and oxygen atoms in total. The van der Waals surface area contributed by atoms with E-state index in [-0.39, 0.29) is 24.0 Å². The third kappa shape index (κ3) is 6.84. The van der Waals surface area contributed by atoms with E-state index in [1.807, 2.05) is 59.7 Å². The molecule has 2 amide bonds. The van der Waals surface area contributed by atoms with E-state index in [1.54, 1.807) is 16.0 Å². The van der Waals surface area contributed by atoms with Crippen molar-refractivity contribution in [3.8, 4) is 5.75 Å². The molecule has 2 saturated heterocycles. The number of morpholine rings is 1. The topological polar surface area (TPSA) is 93.7 Å². The number of hydrogen-bond donors (Lipinski definition) is 0. The van der Waals surface area contributed by atoms with Crippen molar-refractivity contribution in [2.75, 3.05) is 49.2 Å². The Bertz CT molecular complexity index is 1360. The molecule has 0 saturated carbocycles. The first-order chi connectivity index (χ1) is 20.1. The van der Waals surface area contributed by atoms with Crippen LogP contribution in [0.4, 0.5) is 26.8 Å². The second kappa shape index (κ2) is 11.5. The Hall–Kier alpha value is -3.53. The van der Waals surface area contributed by atoms with E-state index in [4.69, 9.17) is 23.9 Å². The molecule has 1 atom stereocenters. The first-order valence-corrected chi connectivity index (χ1v) is 15.2. The number of rotatable bonds is 2. The lowest BCUT2D eigenvalue weighted by Gasteiger charge is -2.44. The number of aromatic nitrogens is 1. The van der Waals surface area contributed by atoms with Crippen molar-refractivity contribution < 1.29 is 28.5 Å². The molecule has 2 aromatic rings. The van der Waals surface area contributed by atoms with Gasteiger partial charge in [-0.05, 0) is 83.1 Å². The van der Waals surface area contributed by atoms with Gasteiger partial charge < -0.3 is 28.7 Å². The zero-order valence-electron chi connectivity index (χ0n) is 26.9. The number of pyridine rings is 1. The largest absolute Gasteiger partial charge is 0.486 e. The lowest BCUT2D eigenvalue weighted by Crippen LogP contribution is -2.48. The minimum absolute atomic E-state index is 0.132. The number of carbonyl (C=O) groups is 2. The van der Waals surface area contributed by atoms with Crippen LogP contribution in [0, 0.1) is 5.41 Å². The van der Waals surface area contributed by atoms with Crippen LogP contribution in [0.3, 0.4) is 0 Å². The Morgan fingerprint density at radius 1 is 0.930 bits per heavy atom. The number of ether oxygens (including phenoxy) is 4. The van der Waals surface area contributed by atoms with Crippen LogP contribution in [-0.2, 0) is 20.8 Å². The second-order valence-electron chi connectivity index (χ2n) is 14.3. The lowest BCUT2D eigenvalue weighted by atomic mass is 9.70. The van der Waals surface area contributed by atoms with Crippen molar-refractivity contribution in [3.63, 3.8) is 0 Å². The molecular formula is C33H46N4O6. The van der Waals surface area contributed by atoms with E-state index in [0.29, 0.717) is 43.6 Å². The maximum absolute atomic E-state index is 13.9. The molecule has 0 spiro atoms. The van der Waals surface area contributed by atoms with Gasteiger partial charge in [0.15, 0.2) is 5.82 Å². The minimum Gasteiger partial charge on any atom is -0.486 e. The number of fused-ring (bicyclic) bond motifs is 2. The summed E-state index contributed by atoms with van der Waals surface area (Å²) in [6.45, 7) is 19.7. The molecule has 2 fully saturated rings. The van der Waals surface area contributed by atoms with Crippen LogP contribution >= 0.6 is 0 Å². The number of hydrogen-bond acceptors (Lipinski definition) is 8. The van der Waals surface area contributed by atoms with Crippen LogP contribution in [0.2, 0.25) is 0 Å². The molecule has 4 heterocycles. The maximum Gasteiger partial charge on any atom is 0.420 e. The highest BCUT2D eigenvalue weighted by molar-refractivity contribution is 5.99. The lowest BCUT2D eigenvalue weighted by molar-refractivity contribution is 0.00477. The van der Waals surface area contributed by atoms with Gasteiger partial charge in [0.1, 0.15) is 23.6 Å². The first kappa shape index (κ1) is 30.9. The van der Waals surface area contributed by atoms with Crippen LogP contribution < -0.4 is 14.5 Å². The highest BCUT2D eigenvalue weighted by Gasteiger charge is 2.41. The van der Waals surface area contributed by atoms with Gasteiger partial charge in [0.2, 0.25) is 0 Å². The summed E-state index contributed by atoms with van der Waals surface area (Å²) in [5.74, 6) is 1.23. The van der Waals surface area contributed by atoms with Gasteiger partial charge in [-0.1, -0.05) is 19.9 Å². The van der Waals surface area contributed by atoms with Crippen molar-refractivity contribution in [3.05, 3.63) is 41.6 Å². The highest BCUT2D eigenvalue weighted by atomic mass is 16.6. The molecule has 5 rings (SSSR count). The molecule has 0 unspecified atom stereocenters. The summed E-state index contributed by atoms with van der Waals surface area (Å²) in [6, 6.07) is 8.03. The summed E-state index contributed by atoms with van der Waals surface area (Å²) >= 11 is 0. The van der Waals surface area contributed by atoms with Crippen molar-refractivity contribution in [2.24, 2.45) is 5.41 Å². The molecule has 3 aliphatic rings. The summed E-state index contributed by atoms with van der Waals surface area (Å²) in [7, 11) is 0. The average Bonchev–Trinajstić information content (AvgIpc) is 3.07. The Morgan fingerprint density at radius 3 is 2.26 bits per heavy atom. The monoisotopic (exact) mass is 594 g/mol. The van der Waals surface area contributed by atoms with Gasteiger partial charge in [-0.15, -0.1) is 0 Å². The van der Waals surface area contributed by atoms with Gasteiger partial charge >= 0.3 is 12.2 Å². The van der Waals surface area contributed by atoms with E-state index in [9.17, 15) is 9.59 Å². The van der Waals surface area contributed by atoms with E-state index < -0.39 is 17.3 Å². The van der Waals surface area contributed by atoms with E-state index in [0.717, 1.165) is 36.3 Å². The molecule has 234 valence electrons. The summed E-state index contributed by atoms with van der Waals surface area (Å²) in [5, 5.41) is 0. The Morgan fingerprint density at radius 2 is 1.60 bits per heavy atom.